The van der Waals surface area contributed by atoms with Crippen LogP contribution < -0.4 is 10.1 Å². The molecule has 2 rings (SSSR count). The maximum absolute atomic E-state index is 12.1. The fraction of sp³-hybridized carbons (Fsp3) is 0.312. The van der Waals surface area contributed by atoms with Crippen molar-refractivity contribution < 1.29 is 19.1 Å². The highest BCUT2D eigenvalue weighted by molar-refractivity contribution is 5.94. The van der Waals surface area contributed by atoms with Crippen molar-refractivity contribution in [2.75, 3.05) is 7.11 Å². The number of hydrogen-bond acceptors (Lipinski definition) is 4. The molecule has 0 spiro atoms. The van der Waals surface area contributed by atoms with Gasteiger partial charge in [0.2, 0.25) is 0 Å². The largest absolute Gasteiger partial charge is 0.497 e. The van der Waals surface area contributed by atoms with Gasteiger partial charge in [0.05, 0.1) is 13.4 Å². The maximum Gasteiger partial charge on any atom is 0.251 e. The van der Waals surface area contributed by atoms with E-state index in [1.54, 1.807) is 43.5 Å². The van der Waals surface area contributed by atoms with Crippen molar-refractivity contribution in [2.24, 2.45) is 0 Å². The molecule has 2 N–H and O–H groups in total. The van der Waals surface area contributed by atoms with E-state index in [4.69, 9.17) is 9.15 Å². The van der Waals surface area contributed by atoms with Crippen LogP contribution in [0.5, 0.6) is 5.75 Å². The molecule has 0 saturated carbocycles. The number of amides is 1. The van der Waals surface area contributed by atoms with E-state index in [0.717, 1.165) is 0 Å². The topological polar surface area (TPSA) is 71.7 Å². The van der Waals surface area contributed by atoms with Crippen LogP contribution in [0.2, 0.25) is 0 Å². The number of benzene rings is 1. The second kappa shape index (κ2) is 6.95. The standard InChI is InChI=1S/C16H19NO4/c1-11(9-14(18)15-7-4-8-21-15)17-16(19)12-5-3-6-13(10-12)20-2/h3-8,10-11,14,18H,9H2,1-2H3,(H,17,19). The highest BCUT2D eigenvalue weighted by Crippen LogP contribution is 2.19. The summed E-state index contributed by atoms with van der Waals surface area (Å²) in [4.78, 5) is 12.1. The third kappa shape index (κ3) is 4.10. The number of aliphatic hydroxyl groups excluding tert-OH is 1. The summed E-state index contributed by atoms with van der Waals surface area (Å²) in [5.41, 5.74) is 0.522. The summed E-state index contributed by atoms with van der Waals surface area (Å²) in [7, 11) is 1.55. The fourth-order valence-corrected chi connectivity index (χ4v) is 2.06. The molecule has 0 saturated heterocycles. The summed E-state index contributed by atoms with van der Waals surface area (Å²) in [6.45, 7) is 1.84. The van der Waals surface area contributed by atoms with Gasteiger partial charge in [0, 0.05) is 18.0 Å². The van der Waals surface area contributed by atoms with Crippen LogP contribution in [0.25, 0.3) is 0 Å². The summed E-state index contributed by atoms with van der Waals surface area (Å²) in [5.74, 6) is 0.927. The van der Waals surface area contributed by atoms with E-state index in [1.807, 2.05) is 6.92 Å². The average molecular weight is 289 g/mol. The first kappa shape index (κ1) is 15.1. The maximum atomic E-state index is 12.1. The van der Waals surface area contributed by atoms with Crippen LogP contribution in [0, 0.1) is 0 Å². The van der Waals surface area contributed by atoms with E-state index >= 15 is 0 Å². The molecule has 2 unspecified atom stereocenters. The van der Waals surface area contributed by atoms with Gasteiger partial charge in [0.1, 0.15) is 17.6 Å². The summed E-state index contributed by atoms with van der Waals surface area (Å²) in [6, 6.07) is 10.2. The molecule has 0 aliphatic rings. The van der Waals surface area contributed by atoms with Crippen molar-refractivity contribution in [2.45, 2.75) is 25.5 Å². The van der Waals surface area contributed by atoms with Crippen molar-refractivity contribution in [3.8, 4) is 5.75 Å². The smallest absolute Gasteiger partial charge is 0.251 e. The van der Waals surface area contributed by atoms with Gasteiger partial charge in [0.25, 0.3) is 5.91 Å². The lowest BCUT2D eigenvalue weighted by molar-refractivity contribution is 0.0902. The van der Waals surface area contributed by atoms with Crippen molar-refractivity contribution in [1.82, 2.24) is 5.32 Å². The Labute approximate surface area is 123 Å². The molecule has 1 heterocycles. The molecule has 2 atom stereocenters. The molecule has 0 fully saturated rings. The number of rotatable bonds is 6. The summed E-state index contributed by atoms with van der Waals surface area (Å²) in [5, 5.41) is 12.8. The van der Waals surface area contributed by atoms with Gasteiger partial charge < -0.3 is 19.6 Å². The molecule has 0 aliphatic carbocycles. The Bertz CT molecular complexity index is 580. The average Bonchev–Trinajstić information content (AvgIpc) is 3.01. The van der Waals surface area contributed by atoms with Crippen molar-refractivity contribution >= 4 is 5.91 Å². The van der Waals surface area contributed by atoms with Gasteiger partial charge in [-0.1, -0.05) is 6.07 Å². The minimum atomic E-state index is -0.736. The number of hydrogen-bond donors (Lipinski definition) is 2. The Morgan fingerprint density at radius 2 is 2.19 bits per heavy atom. The van der Waals surface area contributed by atoms with Gasteiger partial charge in [-0.3, -0.25) is 4.79 Å². The normalized spacial score (nSPS) is 13.5. The second-order valence-electron chi connectivity index (χ2n) is 4.87. The zero-order chi connectivity index (χ0) is 15.2. The lowest BCUT2D eigenvalue weighted by atomic mass is 10.1. The van der Waals surface area contributed by atoms with Gasteiger partial charge in [-0.25, -0.2) is 0 Å². The summed E-state index contributed by atoms with van der Waals surface area (Å²) in [6.07, 6.45) is 1.15. The minimum Gasteiger partial charge on any atom is -0.497 e. The summed E-state index contributed by atoms with van der Waals surface area (Å²) >= 11 is 0. The van der Waals surface area contributed by atoms with Crippen LogP contribution >= 0.6 is 0 Å². The highest BCUT2D eigenvalue weighted by Gasteiger charge is 2.17. The van der Waals surface area contributed by atoms with Crippen LogP contribution in [0.3, 0.4) is 0 Å². The predicted octanol–water partition coefficient (Wildman–Crippen LogP) is 2.53. The SMILES string of the molecule is COc1cccc(C(=O)NC(C)CC(O)c2ccco2)c1. The molecule has 0 bridgehead atoms. The molecule has 21 heavy (non-hydrogen) atoms. The lowest BCUT2D eigenvalue weighted by Gasteiger charge is -2.17. The van der Waals surface area contributed by atoms with E-state index in [9.17, 15) is 9.90 Å². The van der Waals surface area contributed by atoms with Gasteiger partial charge >= 0.3 is 0 Å². The van der Waals surface area contributed by atoms with Crippen LogP contribution in [0.15, 0.2) is 47.1 Å². The molecule has 5 nitrogen and oxygen atoms in total. The van der Waals surface area contributed by atoms with Crippen molar-refractivity contribution in [3.05, 3.63) is 54.0 Å². The molecular formula is C16H19NO4. The minimum absolute atomic E-state index is 0.191. The van der Waals surface area contributed by atoms with Gasteiger partial charge in [-0.15, -0.1) is 0 Å². The van der Waals surface area contributed by atoms with E-state index in [-0.39, 0.29) is 11.9 Å². The third-order valence-electron chi connectivity index (χ3n) is 3.16. The Morgan fingerprint density at radius 1 is 1.38 bits per heavy atom. The first-order chi connectivity index (χ1) is 10.1. The Hall–Kier alpha value is -2.27. The quantitative estimate of drug-likeness (QED) is 0.857. The zero-order valence-corrected chi connectivity index (χ0v) is 12.1. The summed E-state index contributed by atoms with van der Waals surface area (Å²) < 4.78 is 10.2. The molecular weight excluding hydrogens is 270 g/mol. The molecule has 2 aromatic rings. The first-order valence-corrected chi connectivity index (χ1v) is 6.76. The monoisotopic (exact) mass is 289 g/mol. The van der Waals surface area contributed by atoms with E-state index in [1.165, 1.54) is 6.26 Å². The van der Waals surface area contributed by atoms with Crippen molar-refractivity contribution in [1.29, 1.82) is 0 Å². The van der Waals surface area contributed by atoms with Crippen LogP contribution in [-0.2, 0) is 0 Å². The third-order valence-corrected chi connectivity index (χ3v) is 3.16. The lowest BCUT2D eigenvalue weighted by Crippen LogP contribution is -2.33. The molecule has 112 valence electrons. The zero-order valence-electron chi connectivity index (χ0n) is 12.1. The van der Waals surface area contributed by atoms with Crippen LogP contribution in [-0.4, -0.2) is 24.2 Å². The van der Waals surface area contributed by atoms with Gasteiger partial charge in [-0.2, -0.15) is 0 Å². The van der Waals surface area contributed by atoms with Crippen molar-refractivity contribution in [3.63, 3.8) is 0 Å². The molecule has 1 aromatic heterocycles. The van der Waals surface area contributed by atoms with Crippen LogP contribution in [0.4, 0.5) is 0 Å². The Balaban J connectivity index is 1.92. The molecule has 1 amide bonds. The number of carbonyl (C=O) groups excluding carboxylic acids is 1. The predicted molar refractivity (Wildman–Crippen MR) is 78.2 cm³/mol. The number of aliphatic hydroxyl groups is 1. The van der Waals surface area contributed by atoms with Gasteiger partial charge in [-0.05, 0) is 37.3 Å². The number of nitrogens with one attached hydrogen (secondary N) is 1. The number of carbonyl (C=O) groups is 1. The Kier molecular flexibility index (Phi) is 5.00. The fourth-order valence-electron chi connectivity index (χ4n) is 2.06. The molecule has 0 radical (unpaired) electrons. The molecule has 0 aliphatic heterocycles. The molecule has 1 aromatic carbocycles. The number of methoxy groups -OCH3 is 1. The highest BCUT2D eigenvalue weighted by atomic mass is 16.5. The van der Waals surface area contributed by atoms with Crippen LogP contribution in [0.1, 0.15) is 35.6 Å². The van der Waals surface area contributed by atoms with E-state index in [2.05, 4.69) is 5.32 Å². The van der Waals surface area contributed by atoms with E-state index in [0.29, 0.717) is 23.5 Å². The first-order valence-electron chi connectivity index (χ1n) is 6.76. The number of furan rings is 1. The van der Waals surface area contributed by atoms with E-state index < -0.39 is 6.10 Å². The second-order valence-corrected chi connectivity index (χ2v) is 4.87. The molecule has 5 heteroatoms. The van der Waals surface area contributed by atoms with Gasteiger partial charge in [0.15, 0.2) is 0 Å². The number of ether oxygens (including phenoxy) is 1. The Morgan fingerprint density at radius 3 is 2.86 bits per heavy atom.